The zero-order chi connectivity index (χ0) is 29.4. The molecule has 0 aliphatic rings. The Kier molecular flexibility index (Phi) is 18.6. The van der Waals surface area contributed by atoms with Gasteiger partial charge in [-0.15, -0.1) is 11.3 Å². The molecule has 0 aromatic carbocycles. The minimum absolute atomic E-state index is 0. The summed E-state index contributed by atoms with van der Waals surface area (Å²) in [5, 5.41) is 4.30. The Morgan fingerprint density at radius 3 is 1.68 bits per heavy atom. The van der Waals surface area contributed by atoms with Gasteiger partial charge in [0.1, 0.15) is 4.60 Å². The fraction of sp³-hybridized carbons (Fsp3) is 0.484. The largest absolute Gasteiger partial charge is 0.331 e. The van der Waals surface area contributed by atoms with Crippen molar-refractivity contribution >= 4 is 72.4 Å². The molecule has 10 heteroatoms. The Morgan fingerprint density at radius 1 is 0.805 bits per heavy atom. The van der Waals surface area contributed by atoms with E-state index in [9.17, 15) is 9.59 Å². The molecule has 4 heterocycles. The number of halogens is 1. The molecule has 0 fully saturated rings. The third-order valence-corrected chi connectivity index (χ3v) is 27.4. The average molecular weight is 770 g/mol. The predicted octanol–water partition coefficient (Wildman–Crippen LogP) is 9.40. The van der Waals surface area contributed by atoms with Gasteiger partial charge in [0.2, 0.25) is 0 Å². The van der Waals surface area contributed by atoms with Crippen LogP contribution < -0.4 is 2.89 Å². The van der Waals surface area contributed by atoms with Crippen molar-refractivity contribution in [2.24, 2.45) is 14.1 Å². The average Bonchev–Trinajstić information content (AvgIpc) is 3.77. The second kappa shape index (κ2) is 20.4. The maximum absolute atomic E-state index is 10.5. The number of carbonyl (C=O) groups is 2. The molecule has 0 radical (unpaired) electrons. The second-order valence-electron chi connectivity index (χ2n) is 9.91. The number of thiophene rings is 2. The number of hydrogen-bond donors (Lipinski definition) is 0. The molecule has 0 saturated carbocycles. The van der Waals surface area contributed by atoms with Gasteiger partial charge in [0, 0.05) is 26.5 Å². The third kappa shape index (κ3) is 11.9. The number of imidazole rings is 2. The number of aromatic nitrogens is 4. The molecule has 0 amide bonds. The van der Waals surface area contributed by atoms with Crippen LogP contribution in [0.4, 0.5) is 0 Å². The molecule has 4 rings (SSSR count). The van der Waals surface area contributed by atoms with Crippen molar-refractivity contribution in [3.05, 3.63) is 63.7 Å². The maximum Gasteiger partial charge on any atom is 0.185 e. The Morgan fingerprint density at radius 2 is 1.32 bits per heavy atom. The second-order valence-corrected chi connectivity index (χ2v) is 26.8. The monoisotopic (exact) mass is 770 g/mol. The first-order valence-electron chi connectivity index (χ1n) is 14.0. The van der Waals surface area contributed by atoms with Crippen LogP contribution in [0.25, 0.3) is 10.6 Å². The minimum Gasteiger partial charge on any atom is -0.331 e. The molecule has 0 aliphatic carbocycles. The van der Waals surface area contributed by atoms with Crippen LogP contribution in [-0.4, -0.2) is 50.1 Å². The van der Waals surface area contributed by atoms with Crippen molar-refractivity contribution in [1.29, 1.82) is 0 Å². The van der Waals surface area contributed by atoms with Gasteiger partial charge in [-0.1, -0.05) is 13.5 Å². The molecule has 0 unspecified atom stereocenters. The van der Waals surface area contributed by atoms with Gasteiger partial charge in [0.05, 0.1) is 10.6 Å². The summed E-state index contributed by atoms with van der Waals surface area (Å²) in [6.45, 7) is 7.06. The Balaban J connectivity index is 0.000000321. The van der Waals surface area contributed by atoms with Gasteiger partial charge in [-0.2, -0.15) is 0 Å². The van der Waals surface area contributed by atoms with Gasteiger partial charge >= 0.3 is 123 Å². The van der Waals surface area contributed by atoms with Gasteiger partial charge in [-0.05, 0) is 27.4 Å². The summed E-state index contributed by atoms with van der Waals surface area (Å²) in [7, 11) is 3.58. The number of rotatable bonds is 13. The molecular formula is C31H47BrN4O2S2Sn. The topological polar surface area (TPSA) is 69.8 Å². The van der Waals surface area contributed by atoms with E-state index < -0.39 is 18.4 Å². The van der Waals surface area contributed by atoms with E-state index in [4.69, 9.17) is 0 Å². The molecule has 0 bridgehead atoms. The Bertz CT molecular complexity index is 1230. The number of aldehydes is 2. The number of aryl methyl sites for hydroxylation is 2. The van der Waals surface area contributed by atoms with Crippen molar-refractivity contribution in [3.63, 3.8) is 0 Å². The molecule has 0 atom stereocenters. The van der Waals surface area contributed by atoms with E-state index in [1.165, 1.54) is 38.5 Å². The van der Waals surface area contributed by atoms with Crippen molar-refractivity contribution in [2.75, 3.05) is 0 Å². The van der Waals surface area contributed by atoms with E-state index in [1.807, 2.05) is 33.7 Å². The molecule has 0 N–H and O–H groups in total. The van der Waals surface area contributed by atoms with E-state index in [0.717, 1.165) is 16.9 Å². The van der Waals surface area contributed by atoms with Crippen LogP contribution in [0.2, 0.25) is 13.3 Å². The van der Waals surface area contributed by atoms with Gasteiger partial charge in [-0.3, -0.25) is 9.59 Å². The van der Waals surface area contributed by atoms with Gasteiger partial charge in [-0.25, -0.2) is 9.97 Å². The predicted molar refractivity (Wildman–Crippen MR) is 184 cm³/mol. The molecule has 0 aliphatic heterocycles. The third-order valence-electron chi connectivity index (χ3n) is 6.85. The van der Waals surface area contributed by atoms with E-state index in [-0.39, 0.29) is 7.43 Å². The van der Waals surface area contributed by atoms with E-state index in [2.05, 4.69) is 75.5 Å². The number of unbranched alkanes of at least 4 members (excludes halogenated alkanes) is 3. The van der Waals surface area contributed by atoms with Gasteiger partial charge in [0.15, 0.2) is 24.2 Å². The SMILES string of the molecule is C.CCC[CH2][Sn]([CH2]CCC)([CH2]CCC)[c]1cccs1.Cn1cc(-c2cccs2)nc1C=O.Cn1cc(Br)nc1C=O. The minimum atomic E-state index is -2.01. The quantitative estimate of drug-likeness (QED) is 0.100. The van der Waals surface area contributed by atoms with Gasteiger partial charge < -0.3 is 9.13 Å². The van der Waals surface area contributed by atoms with Crippen LogP contribution in [-0.2, 0) is 14.1 Å². The van der Waals surface area contributed by atoms with Crippen LogP contribution in [0.1, 0.15) is 88.0 Å². The van der Waals surface area contributed by atoms with Crippen LogP contribution >= 0.6 is 38.6 Å². The van der Waals surface area contributed by atoms with Crippen molar-refractivity contribution < 1.29 is 9.59 Å². The number of nitrogens with zero attached hydrogens (tertiary/aromatic N) is 4. The fourth-order valence-corrected chi connectivity index (χ4v) is 25.6. The smallest absolute Gasteiger partial charge is 0.185 e. The first-order chi connectivity index (χ1) is 19.3. The maximum atomic E-state index is 10.5. The number of carbonyl (C=O) groups excluding carboxylic acids is 2. The molecule has 0 spiro atoms. The summed E-state index contributed by atoms with van der Waals surface area (Å²) in [6, 6.07) is 8.72. The Hall–Kier alpha value is -1.56. The number of hydrogen-bond acceptors (Lipinski definition) is 6. The van der Waals surface area contributed by atoms with Crippen molar-refractivity contribution in [2.45, 2.75) is 80.0 Å². The Labute approximate surface area is 267 Å². The van der Waals surface area contributed by atoms with Crippen LogP contribution in [0.5, 0.6) is 0 Å². The van der Waals surface area contributed by atoms with Crippen LogP contribution in [0.3, 0.4) is 0 Å². The molecule has 41 heavy (non-hydrogen) atoms. The summed E-state index contributed by atoms with van der Waals surface area (Å²) < 4.78 is 10.7. The molecule has 0 saturated heterocycles. The molecule has 226 valence electrons. The van der Waals surface area contributed by atoms with E-state index in [0.29, 0.717) is 22.5 Å². The zero-order valence-electron chi connectivity index (χ0n) is 24.4. The van der Waals surface area contributed by atoms with Gasteiger partial charge in [0.25, 0.3) is 0 Å². The summed E-state index contributed by atoms with van der Waals surface area (Å²) in [4.78, 5) is 29.8. The molecular weight excluding hydrogens is 723 g/mol. The standard InChI is InChI=1S/C9H8N2OS.C5H5BrN2O.C4H3S.3C4H9.CH4.Sn/c1-11-5-7(10-9(11)6-12)8-3-2-4-13-8;1-8-2-4(6)7-5(8)3-9;1-2-4-5-3-1;3*1-3-4-2;;/h2-6H,1H3;2-3H,1H3;1-3H;3*1,3-4H2,2H3;1H4;. The summed E-state index contributed by atoms with van der Waals surface area (Å²) in [5.74, 6) is 0.894. The first-order valence-corrected chi connectivity index (χ1v) is 24.1. The van der Waals surface area contributed by atoms with Crippen molar-refractivity contribution in [3.8, 4) is 10.6 Å². The molecule has 6 nitrogen and oxygen atoms in total. The van der Waals surface area contributed by atoms with Crippen molar-refractivity contribution in [1.82, 2.24) is 19.1 Å². The van der Waals surface area contributed by atoms with E-state index >= 15 is 0 Å². The zero-order valence-corrected chi connectivity index (χ0v) is 30.5. The summed E-state index contributed by atoms with van der Waals surface area (Å²) >= 11 is 4.81. The molecule has 4 aromatic rings. The molecule has 4 aromatic heterocycles. The summed E-state index contributed by atoms with van der Waals surface area (Å²) in [5.41, 5.74) is 0.861. The fourth-order valence-electron chi connectivity index (χ4n) is 4.56. The van der Waals surface area contributed by atoms with E-state index in [1.54, 1.807) is 47.0 Å². The summed E-state index contributed by atoms with van der Waals surface area (Å²) in [6.07, 6.45) is 13.6. The first kappa shape index (κ1) is 37.5. The normalized spacial score (nSPS) is 10.6. The van der Waals surface area contributed by atoms with Crippen LogP contribution in [0, 0.1) is 0 Å². The van der Waals surface area contributed by atoms with Crippen LogP contribution in [0.15, 0.2) is 52.0 Å².